The van der Waals surface area contributed by atoms with E-state index in [1.807, 2.05) is 0 Å². The number of nitrogens with one attached hydrogen (secondary N) is 1. The van der Waals surface area contributed by atoms with Crippen LogP contribution in [-0.4, -0.2) is 37.0 Å². The van der Waals surface area contributed by atoms with Crippen LogP contribution in [0.5, 0.6) is 0 Å². The van der Waals surface area contributed by atoms with Crippen LogP contribution in [0.3, 0.4) is 0 Å². The molecule has 0 bridgehead atoms. The minimum Gasteiger partial charge on any atom is -0.376 e. The Balaban J connectivity index is 1.61. The molecular formula is C20H18N2O4. The Kier molecular flexibility index (Phi) is 4.26. The Morgan fingerprint density at radius 2 is 1.69 bits per heavy atom. The molecule has 1 atom stereocenters. The lowest BCUT2D eigenvalue weighted by Gasteiger charge is -2.18. The van der Waals surface area contributed by atoms with Gasteiger partial charge in [-0.25, -0.2) is 4.90 Å². The lowest BCUT2D eigenvalue weighted by atomic mass is 10.1. The number of nitrogens with zero attached hydrogens (tertiary/aromatic N) is 1. The van der Waals surface area contributed by atoms with Gasteiger partial charge in [0.1, 0.15) is 0 Å². The first-order valence-corrected chi connectivity index (χ1v) is 8.63. The van der Waals surface area contributed by atoms with E-state index >= 15 is 0 Å². The standard InChI is InChI=1S/C20H18N2O4/c23-18(21-12-13-6-5-11-26-13)16-9-3-4-10-17(16)22-19(24)14-7-1-2-8-15(14)20(22)25/h1-4,7-10,13H,5-6,11-12H2,(H,21,23). The molecule has 26 heavy (non-hydrogen) atoms. The number of fused-ring (bicyclic) bond motifs is 1. The summed E-state index contributed by atoms with van der Waals surface area (Å²) in [5.41, 5.74) is 1.29. The van der Waals surface area contributed by atoms with Crippen LogP contribution in [-0.2, 0) is 4.74 Å². The SMILES string of the molecule is O=C(NCC1CCCO1)c1ccccc1N1C(=O)c2ccccc2C1=O. The molecule has 2 heterocycles. The summed E-state index contributed by atoms with van der Waals surface area (Å²) < 4.78 is 5.51. The van der Waals surface area contributed by atoms with Crippen LogP contribution < -0.4 is 10.2 Å². The zero-order valence-corrected chi connectivity index (χ0v) is 14.1. The van der Waals surface area contributed by atoms with Crippen LogP contribution in [0.25, 0.3) is 0 Å². The highest BCUT2D eigenvalue weighted by Crippen LogP contribution is 2.30. The zero-order chi connectivity index (χ0) is 18.1. The molecule has 2 aromatic rings. The molecule has 6 nitrogen and oxygen atoms in total. The largest absolute Gasteiger partial charge is 0.376 e. The number of ether oxygens (including phenoxy) is 1. The average molecular weight is 350 g/mol. The van der Waals surface area contributed by atoms with Gasteiger partial charge in [-0.1, -0.05) is 24.3 Å². The molecule has 0 aliphatic carbocycles. The van der Waals surface area contributed by atoms with Crippen molar-refractivity contribution in [2.75, 3.05) is 18.1 Å². The molecule has 2 aliphatic rings. The highest BCUT2D eigenvalue weighted by molar-refractivity contribution is 6.35. The van der Waals surface area contributed by atoms with E-state index in [0.717, 1.165) is 17.7 Å². The van der Waals surface area contributed by atoms with Gasteiger partial charge in [0, 0.05) is 13.2 Å². The second-order valence-electron chi connectivity index (χ2n) is 6.35. The van der Waals surface area contributed by atoms with Crippen molar-refractivity contribution in [1.82, 2.24) is 5.32 Å². The van der Waals surface area contributed by atoms with Crippen LogP contribution in [0.4, 0.5) is 5.69 Å². The first kappa shape index (κ1) is 16.5. The molecule has 4 rings (SSSR count). The first-order chi connectivity index (χ1) is 12.7. The van der Waals surface area contributed by atoms with Gasteiger partial charge in [0.15, 0.2) is 0 Å². The topological polar surface area (TPSA) is 75.7 Å². The molecule has 1 unspecified atom stereocenters. The smallest absolute Gasteiger partial charge is 0.266 e. The summed E-state index contributed by atoms with van der Waals surface area (Å²) in [4.78, 5) is 39.1. The van der Waals surface area contributed by atoms with Gasteiger partial charge in [-0.05, 0) is 37.1 Å². The molecule has 1 saturated heterocycles. The van der Waals surface area contributed by atoms with Crippen molar-refractivity contribution in [2.24, 2.45) is 0 Å². The Morgan fingerprint density at radius 3 is 2.35 bits per heavy atom. The summed E-state index contributed by atoms with van der Waals surface area (Å²) in [5.74, 6) is -1.15. The number of carbonyl (C=O) groups is 3. The zero-order valence-electron chi connectivity index (χ0n) is 14.1. The molecule has 2 aliphatic heterocycles. The first-order valence-electron chi connectivity index (χ1n) is 8.63. The van der Waals surface area contributed by atoms with Crippen LogP contribution in [0.1, 0.15) is 43.9 Å². The van der Waals surface area contributed by atoms with Crippen LogP contribution in [0.15, 0.2) is 48.5 Å². The van der Waals surface area contributed by atoms with Crippen molar-refractivity contribution in [2.45, 2.75) is 18.9 Å². The Bertz CT molecular complexity index is 852. The molecular weight excluding hydrogens is 332 g/mol. The second-order valence-corrected chi connectivity index (χ2v) is 6.35. The van der Waals surface area contributed by atoms with E-state index in [1.165, 1.54) is 0 Å². The third kappa shape index (κ3) is 2.78. The molecule has 0 spiro atoms. The number of rotatable bonds is 4. The summed E-state index contributed by atoms with van der Waals surface area (Å²) in [5, 5.41) is 2.84. The Hall–Kier alpha value is -2.99. The van der Waals surface area contributed by atoms with Crippen molar-refractivity contribution < 1.29 is 19.1 Å². The number of amides is 3. The fourth-order valence-corrected chi connectivity index (χ4v) is 3.38. The number of imide groups is 1. The van der Waals surface area contributed by atoms with Crippen molar-refractivity contribution in [1.29, 1.82) is 0 Å². The lowest BCUT2D eigenvalue weighted by Crippen LogP contribution is -2.35. The minimum atomic E-state index is -0.412. The predicted octanol–water partition coefficient (Wildman–Crippen LogP) is 2.40. The van der Waals surface area contributed by atoms with Crippen molar-refractivity contribution in [3.8, 4) is 0 Å². The van der Waals surface area contributed by atoms with Gasteiger partial charge in [-0.2, -0.15) is 0 Å². The Labute approximate surface area is 150 Å². The molecule has 6 heteroatoms. The predicted molar refractivity (Wildman–Crippen MR) is 95.3 cm³/mol. The van der Waals surface area contributed by atoms with E-state index in [0.29, 0.717) is 35.5 Å². The molecule has 1 fully saturated rings. The summed E-state index contributed by atoms with van der Waals surface area (Å²) >= 11 is 0. The van der Waals surface area contributed by atoms with Gasteiger partial charge >= 0.3 is 0 Å². The second kappa shape index (κ2) is 6.72. The van der Waals surface area contributed by atoms with Gasteiger partial charge < -0.3 is 10.1 Å². The maximum absolute atomic E-state index is 12.7. The summed E-state index contributed by atoms with van der Waals surface area (Å²) in [6.07, 6.45) is 1.93. The molecule has 1 N–H and O–H groups in total. The normalized spacial score (nSPS) is 18.9. The maximum atomic E-state index is 12.7. The van der Waals surface area contributed by atoms with E-state index in [2.05, 4.69) is 5.32 Å². The Morgan fingerprint density at radius 1 is 1.04 bits per heavy atom. The number of para-hydroxylation sites is 1. The monoisotopic (exact) mass is 350 g/mol. The van der Waals surface area contributed by atoms with Crippen molar-refractivity contribution in [3.05, 3.63) is 65.2 Å². The van der Waals surface area contributed by atoms with Crippen molar-refractivity contribution in [3.63, 3.8) is 0 Å². The number of hydrogen-bond donors (Lipinski definition) is 1. The van der Waals surface area contributed by atoms with Gasteiger partial charge in [0.25, 0.3) is 17.7 Å². The van der Waals surface area contributed by atoms with Gasteiger partial charge in [0.2, 0.25) is 0 Å². The van der Waals surface area contributed by atoms with Crippen LogP contribution in [0.2, 0.25) is 0 Å². The van der Waals surface area contributed by atoms with E-state index < -0.39 is 11.8 Å². The molecule has 0 aromatic heterocycles. The van der Waals surface area contributed by atoms with E-state index in [-0.39, 0.29) is 12.0 Å². The highest BCUT2D eigenvalue weighted by Gasteiger charge is 2.37. The maximum Gasteiger partial charge on any atom is 0.266 e. The fraction of sp³-hybridized carbons (Fsp3) is 0.250. The molecule has 2 aromatic carbocycles. The van der Waals surface area contributed by atoms with Crippen LogP contribution in [0, 0.1) is 0 Å². The number of hydrogen-bond acceptors (Lipinski definition) is 4. The third-order valence-corrected chi connectivity index (χ3v) is 4.70. The number of carbonyl (C=O) groups excluding carboxylic acids is 3. The van der Waals surface area contributed by atoms with E-state index in [1.54, 1.807) is 48.5 Å². The average Bonchev–Trinajstić information content (AvgIpc) is 3.28. The highest BCUT2D eigenvalue weighted by atomic mass is 16.5. The van der Waals surface area contributed by atoms with E-state index in [9.17, 15) is 14.4 Å². The van der Waals surface area contributed by atoms with Crippen LogP contribution >= 0.6 is 0 Å². The van der Waals surface area contributed by atoms with Gasteiger partial charge in [0.05, 0.1) is 28.5 Å². The third-order valence-electron chi connectivity index (χ3n) is 4.70. The number of benzene rings is 2. The number of anilines is 1. The molecule has 0 radical (unpaired) electrons. The quantitative estimate of drug-likeness (QED) is 0.859. The minimum absolute atomic E-state index is 0.0189. The summed E-state index contributed by atoms with van der Waals surface area (Å²) in [7, 11) is 0. The molecule has 3 amide bonds. The fourth-order valence-electron chi connectivity index (χ4n) is 3.38. The summed E-state index contributed by atoms with van der Waals surface area (Å²) in [6, 6.07) is 13.3. The van der Waals surface area contributed by atoms with Gasteiger partial charge in [-0.3, -0.25) is 14.4 Å². The van der Waals surface area contributed by atoms with Gasteiger partial charge in [-0.15, -0.1) is 0 Å². The molecule has 0 saturated carbocycles. The van der Waals surface area contributed by atoms with Crippen molar-refractivity contribution >= 4 is 23.4 Å². The molecule has 132 valence electrons. The van der Waals surface area contributed by atoms with E-state index in [4.69, 9.17) is 4.74 Å². The lowest BCUT2D eigenvalue weighted by molar-refractivity contribution is 0.0858. The summed E-state index contributed by atoms with van der Waals surface area (Å²) in [6.45, 7) is 1.13.